The third-order valence-corrected chi connectivity index (χ3v) is 7.28. The van der Waals surface area contributed by atoms with Gasteiger partial charge < -0.3 is 15.0 Å². The minimum absolute atomic E-state index is 0.0526. The van der Waals surface area contributed by atoms with Crippen molar-refractivity contribution in [3.8, 4) is 5.75 Å². The maximum atomic E-state index is 13.0. The zero-order valence-corrected chi connectivity index (χ0v) is 18.2. The molecule has 1 aliphatic heterocycles. The van der Waals surface area contributed by atoms with Crippen LogP contribution in [0.1, 0.15) is 26.2 Å². The number of likely N-dealkylation sites (N-methyl/N-ethyl adjacent to an activating group) is 1. The Hall–Kier alpha value is -1.64. The van der Waals surface area contributed by atoms with E-state index in [1.54, 1.807) is 35.7 Å². The molecule has 0 radical (unpaired) electrons. The number of sulfonamides is 1. The maximum Gasteiger partial charge on any atom is 0.243 e. The van der Waals surface area contributed by atoms with Crippen LogP contribution in [-0.2, 0) is 14.8 Å². The summed E-state index contributed by atoms with van der Waals surface area (Å²) in [6, 6.07) is 6.49. The van der Waals surface area contributed by atoms with Gasteiger partial charge in [-0.05, 0) is 56.6 Å². The molecule has 1 fully saturated rings. The molecule has 8 heteroatoms. The highest BCUT2D eigenvalue weighted by atomic mass is 32.2. The van der Waals surface area contributed by atoms with Crippen LogP contribution in [0.15, 0.2) is 29.2 Å². The van der Waals surface area contributed by atoms with Crippen LogP contribution < -0.4 is 10.1 Å². The van der Waals surface area contributed by atoms with Crippen LogP contribution in [0.5, 0.6) is 5.75 Å². The van der Waals surface area contributed by atoms with Gasteiger partial charge in [0.15, 0.2) is 0 Å². The molecule has 1 saturated heterocycles. The van der Waals surface area contributed by atoms with Crippen molar-refractivity contribution in [2.75, 3.05) is 47.4 Å². The maximum absolute atomic E-state index is 13.0. The molecule has 0 bridgehead atoms. The molecule has 1 amide bonds. The van der Waals surface area contributed by atoms with E-state index >= 15 is 0 Å². The van der Waals surface area contributed by atoms with Gasteiger partial charge in [-0.3, -0.25) is 4.79 Å². The Morgan fingerprint density at radius 2 is 1.93 bits per heavy atom. The van der Waals surface area contributed by atoms with Gasteiger partial charge in [-0.1, -0.05) is 13.3 Å². The fourth-order valence-electron chi connectivity index (χ4n) is 3.62. The molecule has 2 rings (SSSR count). The van der Waals surface area contributed by atoms with Gasteiger partial charge in [0.2, 0.25) is 15.9 Å². The first-order chi connectivity index (χ1) is 13.3. The Morgan fingerprint density at radius 1 is 1.25 bits per heavy atom. The van der Waals surface area contributed by atoms with Crippen molar-refractivity contribution in [2.24, 2.45) is 11.8 Å². The highest BCUT2D eigenvalue weighted by molar-refractivity contribution is 7.89. The molecule has 2 atom stereocenters. The molecule has 1 aromatic rings. The lowest BCUT2D eigenvalue weighted by molar-refractivity contribution is -0.122. The summed E-state index contributed by atoms with van der Waals surface area (Å²) in [7, 11) is 1.96. The van der Waals surface area contributed by atoms with E-state index in [1.807, 2.05) is 19.0 Å². The number of methoxy groups -OCH3 is 1. The van der Waals surface area contributed by atoms with Crippen molar-refractivity contribution in [2.45, 2.75) is 31.1 Å². The van der Waals surface area contributed by atoms with Gasteiger partial charge in [0.1, 0.15) is 5.75 Å². The number of nitrogens with one attached hydrogen (secondary N) is 1. The average molecular weight is 412 g/mol. The molecule has 1 aromatic carbocycles. The van der Waals surface area contributed by atoms with E-state index in [1.165, 1.54) is 0 Å². The predicted octanol–water partition coefficient (Wildman–Crippen LogP) is 1.80. The van der Waals surface area contributed by atoms with Crippen molar-refractivity contribution in [1.82, 2.24) is 14.5 Å². The molecular formula is C20H33N3O4S. The number of nitrogens with zero attached hydrogens (tertiary/aromatic N) is 2. The van der Waals surface area contributed by atoms with Gasteiger partial charge in [0, 0.05) is 32.6 Å². The summed E-state index contributed by atoms with van der Waals surface area (Å²) < 4.78 is 32.6. The minimum Gasteiger partial charge on any atom is -0.497 e. The third kappa shape index (κ3) is 5.93. The Balaban J connectivity index is 1.98. The molecule has 0 spiro atoms. The third-order valence-electron chi connectivity index (χ3n) is 5.40. The summed E-state index contributed by atoms with van der Waals surface area (Å²) in [5.74, 6) is 1.08. The molecule has 0 aromatic heterocycles. The summed E-state index contributed by atoms with van der Waals surface area (Å²) in [6.07, 6.45) is 2.02. The van der Waals surface area contributed by atoms with Crippen molar-refractivity contribution < 1.29 is 17.9 Å². The lowest BCUT2D eigenvalue weighted by atomic mass is 9.82. The average Bonchev–Trinajstić information content (AvgIpc) is 2.67. The predicted molar refractivity (Wildman–Crippen MR) is 110 cm³/mol. The second kappa shape index (κ2) is 10.2. The van der Waals surface area contributed by atoms with E-state index in [9.17, 15) is 13.2 Å². The zero-order chi connectivity index (χ0) is 20.7. The Kier molecular flexibility index (Phi) is 8.27. The van der Waals surface area contributed by atoms with Gasteiger partial charge in [0.05, 0.1) is 12.0 Å². The summed E-state index contributed by atoms with van der Waals surface area (Å²) in [5.41, 5.74) is 0. The molecule has 158 valence electrons. The number of amides is 1. The van der Waals surface area contributed by atoms with E-state index in [-0.39, 0.29) is 22.6 Å². The Labute approximate surface area is 169 Å². The van der Waals surface area contributed by atoms with Crippen molar-refractivity contribution in [1.29, 1.82) is 0 Å². The zero-order valence-electron chi connectivity index (χ0n) is 17.3. The number of carbonyl (C=O) groups is 1. The van der Waals surface area contributed by atoms with E-state index in [4.69, 9.17) is 4.74 Å². The number of benzene rings is 1. The summed E-state index contributed by atoms with van der Waals surface area (Å²) in [4.78, 5) is 14.5. The SMILES string of the molecule is CC[C@@H]1CN(S(=O)(=O)c2ccc(OC)cc2)CC[C@H]1CC(=O)NCCN(C)C. The van der Waals surface area contributed by atoms with E-state index in [0.717, 1.165) is 13.0 Å². The lowest BCUT2D eigenvalue weighted by Crippen LogP contribution is -2.45. The van der Waals surface area contributed by atoms with Crippen LogP contribution in [-0.4, -0.2) is 70.9 Å². The first kappa shape index (κ1) is 22.6. The fourth-order valence-corrected chi connectivity index (χ4v) is 5.13. The molecule has 1 aliphatic rings. The van der Waals surface area contributed by atoms with Crippen molar-refractivity contribution >= 4 is 15.9 Å². The molecule has 1 N–H and O–H groups in total. The smallest absolute Gasteiger partial charge is 0.243 e. The Bertz CT molecular complexity index is 734. The summed E-state index contributed by atoms with van der Waals surface area (Å²) >= 11 is 0. The highest BCUT2D eigenvalue weighted by Crippen LogP contribution is 2.32. The monoisotopic (exact) mass is 411 g/mol. The number of hydrogen-bond donors (Lipinski definition) is 1. The van der Waals surface area contributed by atoms with Crippen molar-refractivity contribution in [3.63, 3.8) is 0 Å². The largest absolute Gasteiger partial charge is 0.497 e. The fraction of sp³-hybridized carbons (Fsp3) is 0.650. The Morgan fingerprint density at radius 3 is 2.50 bits per heavy atom. The molecule has 0 saturated carbocycles. The first-order valence-electron chi connectivity index (χ1n) is 9.83. The van der Waals surface area contributed by atoms with Crippen LogP contribution in [0.3, 0.4) is 0 Å². The quantitative estimate of drug-likeness (QED) is 0.670. The number of piperidine rings is 1. The van der Waals surface area contributed by atoms with E-state index < -0.39 is 10.0 Å². The molecular weight excluding hydrogens is 378 g/mol. The molecule has 28 heavy (non-hydrogen) atoms. The minimum atomic E-state index is -3.53. The van der Waals surface area contributed by atoms with Crippen LogP contribution in [0.4, 0.5) is 0 Å². The van der Waals surface area contributed by atoms with Crippen molar-refractivity contribution in [3.05, 3.63) is 24.3 Å². The second-order valence-electron chi connectivity index (χ2n) is 7.61. The van der Waals surface area contributed by atoms with E-state index in [0.29, 0.717) is 38.2 Å². The molecule has 0 aliphatic carbocycles. The highest BCUT2D eigenvalue weighted by Gasteiger charge is 2.35. The number of rotatable bonds is 9. The standard InChI is InChI=1S/C20H33N3O4S/c1-5-16-15-23(28(25,26)19-8-6-18(27-4)7-9-19)12-10-17(16)14-20(24)21-11-13-22(2)3/h6-9,16-17H,5,10-15H2,1-4H3,(H,21,24)/t16-,17+/m1/s1. The second-order valence-corrected chi connectivity index (χ2v) is 9.55. The van der Waals surface area contributed by atoms with Crippen LogP contribution in [0, 0.1) is 11.8 Å². The van der Waals surface area contributed by atoms with Gasteiger partial charge in [-0.2, -0.15) is 4.31 Å². The summed E-state index contributed by atoms with van der Waals surface area (Å²) in [6.45, 7) is 4.40. The van der Waals surface area contributed by atoms with Crippen LogP contribution in [0.25, 0.3) is 0 Å². The first-order valence-corrected chi connectivity index (χ1v) is 11.3. The van der Waals surface area contributed by atoms with Gasteiger partial charge in [0.25, 0.3) is 0 Å². The van der Waals surface area contributed by atoms with Gasteiger partial charge >= 0.3 is 0 Å². The molecule has 7 nitrogen and oxygen atoms in total. The number of carbonyl (C=O) groups excluding carboxylic acids is 1. The summed E-state index contributed by atoms with van der Waals surface area (Å²) in [5, 5.41) is 2.96. The molecule has 1 heterocycles. The topological polar surface area (TPSA) is 78.9 Å². The number of ether oxygens (including phenoxy) is 1. The van der Waals surface area contributed by atoms with Crippen LogP contribution in [0.2, 0.25) is 0 Å². The lowest BCUT2D eigenvalue weighted by Gasteiger charge is -2.37. The van der Waals surface area contributed by atoms with E-state index in [2.05, 4.69) is 12.2 Å². The normalized spacial score (nSPS) is 20.9. The van der Waals surface area contributed by atoms with Gasteiger partial charge in [-0.25, -0.2) is 8.42 Å². The van der Waals surface area contributed by atoms with Gasteiger partial charge in [-0.15, -0.1) is 0 Å². The van der Waals surface area contributed by atoms with Crippen LogP contribution >= 0.6 is 0 Å². The molecule has 0 unspecified atom stereocenters. The number of hydrogen-bond acceptors (Lipinski definition) is 5.